The number of esters is 1. The normalized spacial score (nSPS) is 15.1. The predicted molar refractivity (Wildman–Crippen MR) is 157 cm³/mol. The number of methoxy groups -OCH3 is 1. The summed E-state index contributed by atoms with van der Waals surface area (Å²) < 4.78 is 17.8. The maximum Gasteiger partial charge on any atom is 0.333 e. The highest BCUT2D eigenvalue weighted by atomic mass is 79.9. The Kier molecular flexibility index (Phi) is 9.49. The maximum absolute atomic E-state index is 13.5. The van der Waals surface area contributed by atoms with Gasteiger partial charge in [0.2, 0.25) is 0 Å². The van der Waals surface area contributed by atoms with E-state index in [9.17, 15) is 9.59 Å². The molecule has 1 aliphatic rings. The topological polar surface area (TPSA) is 65.1 Å². The molecule has 1 atom stereocenters. The molecule has 6 nitrogen and oxygen atoms in total. The molecule has 3 aromatic rings. The third-order valence-electron chi connectivity index (χ3n) is 5.58. The van der Waals surface area contributed by atoms with E-state index in [1.807, 2.05) is 37.3 Å². The average molecular weight is 633 g/mol. The number of nitrogens with zero attached hydrogens (tertiary/aromatic N) is 1. The number of carbonyl (C=O) groups is 2. The number of hydrogen-bond acceptors (Lipinski definition) is 7. The summed E-state index contributed by atoms with van der Waals surface area (Å²) >= 11 is 16.5. The molecule has 1 heterocycles. The number of thiocarbonyl (C=S) groups is 1. The van der Waals surface area contributed by atoms with E-state index >= 15 is 0 Å². The van der Waals surface area contributed by atoms with E-state index in [-0.39, 0.29) is 16.8 Å². The molecule has 0 spiro atoms. The third-order valence-corrected chi connectivity index (χ3v) is 7.87. The molecular weight excluding hydrogens is 610 g/mol. The lowest BCUT2D eigenvalue weighted by atomic mass is 10.1. The zero-order valence-corrected chi connectivity index (χ0v) is 24.5. The van der Waals surface area contributed by atoms with E-state index < -0.39 is 12.0 Å². The van der Waals surface area contributed by atoms with Crippen molar-refractivity contribution < 1.29 is 23.8 Å². The van der Waals surface area contributed by atoms with Crippen LogP contribution in [0.2, 0.25) is 5.02 Å². The van der Waals surface area contributed by atoms with Gasteiger partial charge in [-0.05, 0) is 58.3 Å². The molecule has 0 N–H and O–H groups in total. The first-order valence-corrected chi connectivity index (χ1v) is 14.0. The Morgan fingerprint density at radius 1 is 1.13 bits per heavy atom. The van der Waals surface area contributed by atoms with Gasteiger partial charge in [-0.25, -0.2) is 4.79 Å². The highest BCUT2D eigenvalue weighted by molar-refractivity contribution is 9.10. The molecule has 1 fully saturated rings. The minimum Gasteiger partial charge on any atom is -0.490 e. The molecule has 3 aromatic carbocycles. The summed E-state index contributed by atoms with van der Waals surface area (Å²) in [5.41, 5.74) is 2.15. The van der Waals surface area contributed by atoms with E-state index in [2.05, 4.69) is 15.9 Å². The van der Waals surface area contributed by atoms with Crippen LogP contribution in [-0.2, 0) is 20.9 Å². The second-order valence-corrected chi connectivity index (χ2v) is 11.0. The van der Waals surface area contributed by atoms with Crippen LogP contribution in [-0.4, -0.2) is 34.8 Å². The lowest BCUT2D eigenvalue weighted by molar-refractivity contribution is -0.148. The largest absolute Gasteiger partial charge is 0.490 e. The van der Waals surface area contributed by atoms with Gasteiger partial charge in [-0.2, -0.15) is 0 Å². The van der Waals surface area contributed by atoms with Crippen molar-refractivity contribution in [1.29, 1.82) is 0 Å². The van der Waals surface area contributed by atoms with Crippen molar-refractivity contribution in [2.24, 2.45) is 0 Å². The van der Waals surface area contributed by atoms with Crippen LogP contribution in [0.3, 0.4) is 0 Å². The van der Waals surface area contributed by atoms with Crippen molar-refractivity contribution in [2.75, 3.05) is 13.7 Å². The number of halogens is 2. The van der Waals surface area contributed by atoms with E-state index in [1.165, 1.54) is 12.0 Å². The van der Waals surface area contributed by atoms with Crippen LogP contribution in [0, 0.1) is 0 Å². The van der Waals surface area contributed by atoms with Crippen LogP contribution in [0.1, 0.15) is 29.7 Å². The van der Waals surface area contributed by atoms with Gasteiger partial charge in [-0.15, -0.1) is 0 Å². The molecule has 0 aromatic heterocycles. The van der Waals surface area contributed by atoms with Crippen molar-refractivity contribution >= 4 is 73.8 Å². The van der Waals surface area contributed by atoms with Crippen LogP contribution in [0.5, 0.6) is 11.5 Å². The number of thioether (sulfide) groups is 1. The fourth-order valence-corrected chi connectivity index (χ4v) is 5.91. The Labute approximate surface area is 244 Å². The molecule has 196 valence electrons. The summed E-state index contributed by atoms with van der Waals surface area (Å²) in [6.07, 6.45) is 1.71. The van der Waals surface area contributed by atoms with Crippen molar-refractivity contribution in [1.82, 2.24) is 4.90 Å². The molecule has 1 aliphatic heterocycles. The lowest BCUT2D eigenvalue weighted by Crippen LogP contribution is -2.37. The minimum atomic E-state index is -0.981. The van der Waals surface area contributed by atoms with Gasteiger partial charge in [0.1, 0.15) is 10.9 Å². The van der Waals surface area contributed by atoms with Gasteiger partial charge in [0.05, 0.1) is 23.1 Å². The molecular formula is C28H23BrClNO5S2. The predicted octanol–water partition coefficient (Wildman–Crippen LogP) is 7.20. The van der Waals surface area contributed by atoms with Crippen molar-refractivity contribution in [3.63, 3.8) is 0 Å². The fraction of sp³-hybridized carbons (Fsp3) is 0.179. The van der Waals surface area contributed by atoms with Crippen molar-refractivity contribution in [2.45, 2.75) is 19.6 Å². The molecule has 0 bridgehead atoms. The minimum absolute atomic E-state index is 0.255. The average Bonchev–Trinajstić information content (AvgIpc) is 3.17. The smallest absolute Gasteiger partial charge is 0.333 e. The molecule has 0 aliphatic carbocycles. The number of benzene rings is 3. The Hall–Kier alpha value is -2.85. The first-order chi connectivity index (χ1) is 18.3. The van der Waals surface area contributed by atoms with Crippen molar-refractivity contribution in [3.05, 3.63) is 97.8 Å². The maximum atomic E-state index is 13.5. The Balaban J connectivity index is 1.63. The van der Waals surface area contributed by atoms with E-state index in [0.29, 0.717) is 43.6 Å². The van der Waals surface area contributed by atoms with Gasteiger partial charge in [0.25, 0.3) is 5.91 Å². The SMILES string of the molecule is CCOc1cc(/C=C2\SC(=S)N(C(C(=O)OC)c3ccccc3)C2=O)cc(Br)c1OCc1ccccc1Cl. The Bertz CT molecular complexity index is 1400. The zero-order valence-electron chi connectivity index (χ0n) is 20.5. The molecule has 1 amide bonds. The number of amides is 1. The first-order valence-electron chi connectivity index (χ1n) is 11.6. The van der Waals surface area contributed by atoms with Gasteiger partial charge in [0.15, 0.2) is 17.5 Å². The number of carbonyl (C=O) groups excluding carboxylic acids is 2. The van der Waals surface area contributed by atoms with Crippen molar-refractivity contribution in [3.8, 4) is 11.5 Å². The van der Waals surface area contributed by atoms with E-state index in [0.717, 1.165) is 17.3 Å². The van der Waals surface area contributed by atoms with Gasteiger partial charge in [-0.1, -0.05) is 84.1 Å². The fourth-order valence-electron chi connectivity index (χ4n) is 3.83. The third kappa shape index (κ3) is 6.23. The van der Waals surface area contributed by atoms with Crippen LogP contribution >= 0.6 is 51.5 Å². The zero-order chi connectivity index (χ0) is 27.2. The van der Waals surface area contributed by atoms with E-state index in [4.69, 9.17) is 38.0 Å². The summed E-state index contributed by atoms with van der Waals surface area (Å²) in [5, 5.41) is 0.612. The number of hydrogen-bond donors (Lipinski definition) is 0. The van der Waals surface area contributed by atoms with Crippen LogP contribution in [0.15, 0.2) is 76.1 Å². The molecule has 10 heteroatoms. The van der Waals surface area contributed by atoms with Crippen LogP contribution in [0.4, 0.5) is 0 Å². The highest BCUT2D eigenvalue weighted by Crippen LogP contribution is 2.42. The standard InChI is InChI=1S/C28H23BrClNO5S2/c1-3-35-22-14-17(13-20(29)25(22)36-16-19-11-7-8-12-21(19)30)15-23-26(32)31(28(37)38-23)24(27(33)34-2)18-9-5-4-6-10-18/h4-15,24H,3,16H2,1-2H3/b23-15-. The quantitative estimate of drug-likeness (QED) is 0.141. The van der Waals surface area contributed by atoms with Gasteiger partial charge in [-0.3, -0.25) is 9.69 Å². The highest BCUT2D eigenvalue weighted by Gasteiger charge is 2.41. The second kappa shape index (κ2) is 12.8. The number of rotatable bonds is 9. The number of ether oxygens (including phenoxy) is 3. The summed E-state index contributed by atoms with van der Waals surface area (Å²) in [5.74, 6) is 0.0706. The van der Waals surface area contributed by atoms with Crippen LogP contribution < -0.4 is 9.47 Å². The molecule has 0 radical (unpaired) electrons. The molecule has 1 saturated heterocycles. The molecule has 4 rings (SSSR count). The lowest BCUT2D eigenvalue weighted by Gasteiger charge is -2.24. The molecule has 1 unspecified atom stereocenters. The Morgan fingerprint density at radius 2 is 1.84 bits per heavy atom. The van der Waals surface area contributed by atoms with Gasteiger partial charge in [0, 0.05) is 10.6 Å². The first kappa shape index (κ1) is 28.2. The van der Waals surface area contributed by atoms with Gasteiger partial charge < -0.3 is 14.2 Å². The van der Waals surface area contributed by atoms with Crippen LogP contribution in [0.25, 0.3) is 6.08 Å². The monoisotopic (exact) mass is 631 g/mol. The second-order valence-electron chi connectivity index (χ2n) is 8.03. The molecule has 38 heavy (non-hydrogen) atoms. The summed E-state index contributed by atoms with van der Waals surface area (Å²) in [4.78, 5) is 27.8. The van der Waals surface area contributed by atoms with Gasteiger partial charge >= 0.3 is 5.97 Å². The summed E-state index contributed by atoms with van der Waals surface area (Å²) in [7, 11) is 1.29. The summed E-state index contributed by atoms with van der Waals surface area (Å²) in [6.45, 7) is 2.54. The van der Waals surface area contributed by atoms with E-state index in [1.54, 1.807) is 42.5 Å². The summed E-state index contributed by atoms with van der Waals surface area (Å²) in [6, 6.07) is 19.0. The Morgan fingerprint density at radius 3 is 2.53 bits per heavy atom. The molecule has 0 saturated carbocycles.